The van der Waals surface area contributed by atoms with E-state index in [0.717, 1.165) is 89.2 Å². The number of carbonyl (C=O) groups excluding carboxylic acids is 9. The van der Waals surface area contributed by atoms with Crippen molar-refractivity contribution in [2.75, 3.05) is 26.2 Å². The lowest BCUT2D eigenvalue weighted by Crippen LogP contribution is -2.28. The van der Waals surface area contributed by atoms with Crippen LogP contribution in [0.1, 0.15) is 185 Å². The third-order valence-corrected chi connectivity index (χ3v) is 33.8. The van der Waals surface area contributed by atoms with Gasteiger partial charge >= 0.3 is 0 Å². The van der Waals surface area contributed by atoms with Crippen molar-refractivity contribution in [3.8, 4) is 64.8 Å². The Morgan fingerprint density at radius 1 is 0.386 bits per heavy atom. The first-order chi connectivity index (χ1) is 69.2. The van der Waals surface area contributed by atoms with E-state index in [1.165, 1.54) is 69.1 Å². The van der Waals surface area contributed by atoms with Gasteiger partial charge in [-0.1, -0.05) is 129 Å². The number of nitrogens with one attached hydrogen (secondary N) is 1. The molecule has 0 bridgehead atoms. The van der Waals surface area contributed by atoms with E-state index in [-0.39, 0.29) is 102 Å². The highest BCUT2D eigenvalue weighted by Gasteiger charge is 2.26. The van der Waals surface area contributed by atoms with Crippen molar-refractivity contribution in [1.29, 1.82) is 0 Å². The number of aryl methyl sites for hydroxylation is 6. The van der Waals surface area contributed by atoms with E-state index in [4.69, 9.17) is 98.5 Å². The van der Waals surface area contributed by atoms with Gasteiger partial charge in [0.15, 0.2) is 40.5 Å². The van der Waals surface area contributed by atoms with Crippen LogP contribution in [0.5, 0.6) is 23.0 Å². The van der Waals surface area contributed by atoms with Gasteiger partial charge in [0.2, 0.25) is 18.3 Å². The van der Waals surface area contributed by atoms with Crippen molar-refractivity contribution in [3.05, 3.63) is 345 Å². The number of nitrogens with zero attached hydrogens (tertiary/aromatic N) is 9. The third kappa shape index (κ3) is 29.0. The summed E-state index contributed by atoms with van der Waals surface area (Å²) in [4.78, 5) is 140. The number of Topliss-reactive ketones (excluding diaryl/α,β-unsaturated/α-hetero) is 7. The number of nitrogens with two attached hydrogens (primary N) is 1. The number of thiophene rings is 8. The molecule has 5 aromatic carbocycles. The Morgan fingerprint density at radius 3 is 0.986 bits per heavy atom. The van der Waals surface area contributed by atoms with Crippen molar-refractivity contribution in [2.24, 2.45) is 39.8 Å². The fourth-order valence-corrected chi connectivity index (χ4v) is 22.7. The molecular formula is C104H86Cl8N11O14S8+. The van der Waals surface area contributed by atoms with Crippen LogP contribution in [0.3, 0.4) is 0 Å². The molecule has 0 aliphatic carbocycles. The molecule has 0 radical (unpaired) electrons. The van der Waals surface area contributed by atoms with E-state index in [1.54, 1.807) is 218 Å². The van der Waals surface area contributed by atoms with Crippen molar-refractivity contribution >= 4 is 259 Å². The van der Waals surface area contributed by atoms with Crippen LogP contribution in [-0.4, -0.2) is 146 Å². The number of rotatable bonds is 36. The van der Waals surface area contributed by atoms with Gasteiger partial charge in [-0.25, -0.2) is 4.98 Å². The van der Waals surface area contributed by atoms with Crippen LogP contribution < -0.4 is 15.8 Å². The Balaban J connectivity index is 0.000000162. The first kappa shape index (κ1) is 110. The lowest BCUT2D eigenvalue weighted by atomic mass is 10.0. The number of hydrogen-bond acceptors (Lipinski definition) is 28. The van der Waals surface area contributed by atoms with Crippen LogP contribution in [0.25, 0.3) is 41.8 Å². The Labute approximate surface area is 904 Å². The maximum absolute atomic E-state index is 12.7. The van der Waals surface area contributed by atoms with Crippen LogP contribution in [0, 0.1) is 6.92 Å². The summed E-state index contributed by atoms with van der Waals surface area (Å²) < 4.78 is 4.53. The van der Waals surface area contributed by atoms with Gasteiger partial charge in [0.25, 0.3) is 5.91 Å². The second-order valence-electron chi connectivity index (χ2n) is 32.3. The molecule has 41 heteroatoms. The van der Waals surface area contributed by atoms with Gasteiger partial charge in [0, 0.05) is 134 Å². The van der Waals surface area contributed by atoms with E-state index in [1.807, 2.05) is 37.8 Å². The van der Waals surface area contributed by atoms with E-state index in [9.17, 15) is 68.8 Å². The summed E-state index contributed by atoms with van der Waals surface area (Å²) in [5.41, 5.74) is 17.4. The van der Waals surface area contributed by atoms with Crippen LogP contribution in [-0.2, 0) is 39.9 Å². The summed E-state index contributed by atoms with van der Waals surface area (Å²) in [7, 11) is 3.73. The lowest BCUT2D eigenvalue weighted by Gasteiger charge is -2.03. The zero-order chi connectivity index (χ0) is 104. The first-order valence-electron chi connectivity index (χ1n) is 43.8. The standard InChI is InChI=1S/C28H22Cl2N2O4S2.C26H20Cl2N2O4S2.C25H22Cl2N4O3S2.C25H21Cl2N3O3S2/c1-15(19-14-37-27(26(19)35)18-7-8-20(29)21(30)12-18)32-13-23(34)25-11-10-24(38-25)22(33)9-4-16-2-5-17(6-3-16)28(31)36;1-15(18-14-35-26(25(18)33)17-3-4-19(27)20(28)12-17)29-13-22(32)24-7-6-23(36-24)21(31)5-2-16-8-10-30(34)11-9-16;1-13-8-16(30-31(13)3)10-29-25(34)22-7-6-21(36-22)20(32)11-28-14(2)17-12-35-24(23(17)33)15-4-5-18(26)19(27)9-15;1-14(17-12-34-25(24(17)33)15-3-5-18(26)19(27)9-15)28-10-21(32)23-8-7-22(35-23)20(31)6-4-16-11-30(2)13-29-16/h2-3,5-8,10-12,14,35H,4,9,13H2,1H3,(H2,31,36);3-4,6-12,14H,2,5,13H2,1H3,(H-,33,34);4-9,12,33H,10-11H2,1-3H3,(H,29,34);3,5,7-9,11-13,33H,4,6,10H2,1-2H3/p+1. The molecule has 25 nitrogen and oxygen atoms in total. The molecule has 11 heterocycles. The van der Waals surface area contributed by atoms with Gasteiger partial charge in [-0.2, -0.15) is 5.10 Å². The maximum atomic E-state index is 12.7. The molecule has 0 spiro atoms. The topological polar surface area (TPSA) is 382 Å². The molecular weight excluding hydrogens is 2170 g/mol. The largest absolute Gasteiger partial charge is 0.506 e. The minimum Gasteiger partial charge on any atom is -0.506 e. The first-order valence-corrected chi connectivity index (χ1v) is 53.6. The van der Waals surface area contributed by atoms with E-state index < -0.39 is 5.91 Å². The van der Waals surface area contributed by atoms with Crippen molar-refractivity contribution in [3.63, 3.8) is 0 Å². The number of halogens is 8. The predicted molar refractivity (Wildman–Crippen MR) is 588 cm³/mol. The molecule has 2 amide bonds. The van der Waals surface area contributed by atoms with Gasteiger partial charge in [0.1, 0.15) is 49.2 Å². The number of primary amides is 1. The fraction of sp³-hybridized carbons (Fsp3) is 0.173. The average Bonchev–Trinajstić information content (AvgIpc) is 1.67. The molecule has 0 saturated carbocycles. The minimum atomic E-state index is -0.497. The molecule has 0 unspecified atom stereocenters. The zero-order valence-corrected chi connectivity index (χ0v) is 90.4. The summed E-state index contributed by atoms with van der Waals surface area (Å²) >= 11 is 58.3. The van der Waals surface area contributed by atoms with Crippen LogP contribution >= 0.6 is 184 Å². The molecule has 744 valence electrons. The maximum Gasteiger partial charge on any atom is 0.261 e. The average molecular weight is 2250 g/mol. The number of ketones is 7. The number of imidazole rings is 1. The zero-order valence-electron chi connectivity index (χ0n) is 77.8. The van der Waals surface area contributed by atoms with E-state index in [2.05, 4.69) is 35.4 Å². The number of amides is 2. The van der Waals surface area contributed by atoms with E-state index >= 15 is 0 Å². The van der Waals surface area contributed by atoms with Gasteiger partial charge < -0.3 is 36.0 Å². The Kier molecular flexibility index (Phi) is 38.6. The molecule has 0 saturated heterocycles. The molecule has 0 atom stereocenters. The number of benzene rings is 5. The molecule has 16 rings (SSSR count). The second-order valence-corrected chi connectivity index (χ2v) is 43.4. The monoisotopic (exact) mass is 2250 g/mol. The number of carbonyl (C=O) groups is 9. The molecule has 0 aliphatic heterocycles. The molecule has 145 heavy (non-hydrogen) atoms. The third-order valence-electron chi connectivity index (χ3n) is 22.1. The smallest absolute Gasteiger partial charge is 0.261 e. The lowest BCUT2D eigenvalue weighted by molar-refractivity contribution is -0.904. The highest BCUT2D eigenvalue weighted by atomic mass is 35.5. The summed E-state index contributed by atoms with van der Waals surface area (Å²) in [5, 5.41) is 69.8. The van der Waals surface area contributed by atoms with Crippen molar-refractivity contribution in [2.45, 2.75) is 79.7 Å². The normalized spacial score (nSPS) is 11.6. The molecule has 16 aromatic rings. The van der Waals surface area contributed by atoms with Crippen LogP contribution in [0.4, 0.5) is 0 Å². The van der Waals surface area contributed by atoms with Crippen molar-refractivity contribution in [1.82, 2.24) is 24.6 Å². The predicted octanol–water partition coefficient (Wildman–Crippen LogP) is 26.5. The fourth-order valence-electron chi connectivity index (χ4n) is 13.9. The highest BCUT2D eigenvalue weighted by Crippen LogP contribution is 2.46. The number of hydrogen-bond donors (Lipinski definition) is 7. The van der Waals surface area contributed by atoms with Crippen LogP contribution in [0.2, 0.25) is 40.2 Å². The van der Waals surface area contributed by atoms with Gasteiger partial charge in [-0.3, -0.25) is 73.0 Å². The van der Waals surface area contributed by atoms with E-state index in [0.29, 0.717) is 188 Å². The summed E-state index contributed by atoms with van der Waals surface area (Å²) in [6.45, 7) is 8.81. The Bertz CT molecular complexity index is 7700. The Morgan fingerprint density at radius 2 is 0.690 bits per heavy atom. The van der Waals surface area contributed by atoms with Gasteiger partial charge in [-0.05, 0) is 203 Å². The highest BCUT2D eigenvalue weighted by molar-refractivity contribution is 7.18. The summed E-state index contributed by atoms with van der Waals surface area (Å²) in [6, 6.07) is 46.0. The molecule has 8 N–H and O–H groups in total. The number of aliphatic imine (C=N–C) groups is 4. The summed E-state index contributed by atoms with van der Waals surface area (Å²) in [6.07, 6.45) is 9.13. The van der Waals surface area contributed by atoms with Gasteiger partial charge in [-0.15, -0.1) is 90.7 Å². The van der Waals surface area contributed by atoms with Gasteiger partial charge in [0.05, 0.1) is 123 Å². The number of aromatic hydroxyl groups is 4. The quantitative estimate of drug-likeness (QED) is 0.00830. The molecule has 0 aliphatic rings. The SMILES string of the molecule is CC(=NCC(=O)c1ccc(C(=O)CCc2cc[n+](O)cc2)s1)c1csc(-c2ccc(Cl)c(Cl)c2)c1O.CC(=NCC(=O)c1ccc(C(=O)CCc2ccc(C(N)=O)cc2)s1)c1csc(-c2ccc(Cl)c(Cl)c2)c1O.CC(=NCC(=O)c1ccc(C(=O)CCc2cn(C)cn2)s1)c1csc(-c2ccc(Cl)c(Cl)c2)c1O.CC(=NCC(=O)c1ccc(C(=O)NCc2cc(C)n(C)n2)s1)c1csc(-c2ccc(Cl)c(Cl)c2)c1O. The molecule has 0 fully saturated rings. The molecule has 11 aromatic heterocycles. The summed E-state index contributed by atoms with van der Waals surface area (Å²) in [5.74, 6) is -1.40. The number of aromatic nitrogens is 5. The number of pyridine rings is 1. The second kappa shape index (κ2) is 50.8. The minimum absolute atomic E-state index is 0.0163. The van der Waals surface area contributed by atoms with Crippen molar-refractivity contribution < 1.29 is 73.5 Å². The Hall–Kier alpha value is -12.1. The van der Waals surface area contributed by atoms with Crippen LogP contribution in [0.15, 0.2) is 230 Å².